The summed E-state index contributed by atoms with van der Waals surface area (Å²) >= 11 is 4.05. The van der Waals surface area contributed by atoms with Gasteiger partial charge in [-0.25, -0.2) is 12.5 Å². The molecule has 2 heteroatoms. The molecule has 0 atom stereocenters. The van der Waals surface area contributed by atoms with Crippen molar-refractivity contribution < 1.29 is 0 Å². The fourth-order valence-electron chi connectivity index (χ4n) is 0.362. The van der Waals surface area contributed by atoms with Gasteiger partial charge in [0.25, 0.3) is 0 Å². The van der Waals surface area contributed by atoms with Crippen LogP contribution in [0.25, 0.3) is 0 Å². The first kappa shape index (κ1) is 6.41. The summed E-state index contributed by atoms with van der Waals surface area (Å²) in [5.41, 5.74) is 0. The molecule has 6 heavy (non-hydrogen) atoms. The predicted molar refractivity (Wildman–Crippen MR) is 35.9 cm³/mol. The maximum Gasteiger partial charge on any atom is 0.187 e. The third-order valence-electron chi connectivity index (χ3n) is 0.762. The Morgan fingerprint density at radius 3 is 2.50 bits per heavy atom. The van der Waals surface area contributed by atoms with Gasteiger partial charge in [0.2, 0.25) is 0 Å². The second-order valence-corrected chi connectivity index (χ2v) is 1.88. The minimum atomic E-state index is 1.05. The van der Waals surface area contributed by atoms with Crippen LogP contribution >= 0.6 is 12.5 Å². The molecule has 0 radical (unpaired) electrons. The molecule has 0 N–H and O–H groups in total. The van der Waals surface area contributed by atoms with Crippen LogP contribution in [0.1, 0.15) is 19.8 Å². The molecule has 0 aliphatic heterocycles. The molecule has 0 fully saturated rings. The highest BCUT2D eigenvalue weighted by atomic mass is 32.1. The van der Waals surface area contributed by atoms with Gasteiger partial charge in [-0.3, -0.25) is 0 Å². The van der Waals surface area contributed by atoms with E-state index < -0.39 is 0 Å². The number of hydrogen-bond donors (Lipinski definition) is 1. The van der Waals surface area contributed by atoms with Crippen molar-refractivity contribution in [3.05, 3.63) is 0 Å². The Kier molecular flexibility index (Phi) is 5.79. The molecule has 0 aromatic carbocycles. The molecule has 0 heterocycles. The Labute approximate surface area is 45.9 Å². The van der Waals surface area contributed by atoms with Gasteiger partial charge in [-0.15, -0.1) is 0 Å². The highest BCUT2D eigenvalue weighted by molar-refractivity contribution is 8.06. The van der Waals surface area contributed by atoms with E-state index in [-0.39, 0.29) is 0 Å². The summed E-state index contributed by atoms with van der Waals surface area (Å²) in [6.07, 6.45) is 3.92. The average molecular weight is 102 g/mol. The van der Waals surface area contributed by atoms with E-state index in [1.807, 2.05) is 0 Å². The van der Waals surface area contributed by atoms with E-state index >= 15 is 0 Å². The van der Waals surface area contributed by atoms with Crippen molar-refractivity contribution in [2.75, 3.05) is 0 Å². The second kappa shape index (κ2) is 5.41. The van der Waals surface area contributed by atoms with E-state index in [2.05, 4.69) is 19.4 Å². The molecule has 0 amide bonds. The zero-order valence-electron chi connectivity index (χ0n) is 4.28. The molecule has 0 unspecified atom stereocenters. The summed E-state index contributed by atoms with van der Waals surface area (Å²) in [4.78, 5) is 0. The number of hydrogen-bond acceptors (Lipinski definition) is 1. The van der Waals surface area contributed by atoms with Crippen molar-refractivity contribution in [1.82, 2.24) is 0 Å². The number of rotatable bonds is 3. The third kappa shape index (κ3) is 4.41. The van der Waals surface area contributed by atoms with Crippen molar-refractivity contribution in [3.63, 3.8) is 0 Å². The quantitative estimate of drug-likeness (QED) is 0.311. The summed E-state index contributed by atoms with van der Waals surface area (Å²) in [7, 11) is 0. The van der Waals surface area contributed by atoms with Gasteiger partial charge in [-0.1, -0.05) is 26.1 Å². The van der Waals surface area contributed by atoms with Crippen LogP contribution in [-0.4, -0.2) is 6.56 Å². The monoisotopic (exact) mass is 102 g/mol. The van der Waals surface area contributed by atoms with Crippen LogP contribution in [0, 0.1) is 0 Å². The van der Waals surface area contributed by atoms with E-state index in [0.717, 1.165) is 6.56 Å². The fraction of sp³-hybridized carbons (Fsp3) is 1.00. The molecule has 0 nitrogen and oxygen atoms in total. The predicted octanol–water partition coefficient (Wildman–Crippen LogP) is 1.49. The van der Waals surface area contributed by atoms with Crippen molar-refractivity contribution in [1.29, 1.82) is 0 Å². The molecule has 0 bridgehead atoms. The van der Waals surface area contributed by atoms with Gasteiger partial charge in [0.15, 0.2) is 6.56 Å². The summed E-state index contributed by atoms with van der Waals surface area (Å²) in [5, 5.41) is 0. The molecule has 0 aliphatic carbocycles. The molecule has 0 aromatic rings. The van der Waals surface area contributed by atoms with Crippen molar-refractivity contribution in [2.45, 2.75) is 26.1 Å². The first-order valence-electron chi connectivity index (χ1n) is 2.52. The van der Waals surface area contributed by atoms with Gasteiger partial charge < -0.3 is 0 Å². The second-order valence-electron chi connectivity index (χ2n) is 1.43. The molecule has 0 rings (SSSR count). The summed E-state index contributed by atoms with van der Waals surface area (Å²) < 4.78 is 0. The minimum absolute atomic E-state index is 1.05. The van der Waals surface area contributed by atoms with Crippen LogP contribution in [0.5, 0.6) is 0 Å². The Morgan fingerprint density at radius 1 is 1.67 bits per heavy atom. The van der Waals surface area contributed by atoms with Gasteiger partial charge in [0.1, 0.15) is 0 Å². The molecule has 0 saturated heterocycles. The van der Waals surface area contributed by atoms with Gasteiger partial charge >= 0.3 is 0 Å². The van der Waals surface area contributed by atoms with Crippen molar-refractivity contribution in [2.24, 2.45) is 0 Å². The first-order valence-corrected chi connectivity index (χ1v) is 3.16. The summed E-state index contributed by atoms with van der Waals surface area (Å²) in [6.45, 7) is 3.25. The van der Waals surface area contributed by atoms with E-state index in [1.165, 1.54) is 19.2 Å². The first-order chi connectivity index (χ1) is 2.91. The molecular weight excluding hydrogens is 90.9 g/mol. The van der Waals surface area contributed by atoms with Crippen LogP contribution in [0.15, 0.2) is 0 Å². The largest absolute Gasteiger partial charge is 0.232 e. The Bertz CT molecular complexity index is 19.5. The lowest BCUT2D eigenvalue weighted by molar-refractivity contribution is 0.883. The molecular formula is C4H11BS. The lowest BCUT2D eigenvalue weighted by atomic mass is 9.99. The Balaban J connectivity index is 2.34. The zero-order valence-corrected chi connectivity index (χ0v) is 5.17. The maximum absolute atomic E-state index is 4.05. The Hall–Kier alpha value is 0.415. The average Bonchev–Trinajstić information content (AvgIpc) is 1.61. The summed E-state index contributed by atoms with van der Waals surface area (Å²) in [6, 6.07) is 0. The Morgan fingerprint density at radius 2 is 2.33 bits per heavy atom. The van der Waals surface area contributed by atoms with Gasteiger partial charge in [0.05, 0.1) is 0 Å². The molecule has 0 saturated carbocycles. The van der Waals surface area contributed by atoms with Crippen LogP contribution in [0.2, 0.25) is 6.32 Å². The van der Waals surface area contributed by atoms with E-state index in [0.29, 0.717) is 0 Å². The SMILES string of the molecule is CCCCBS. The number of unbranched alkanes of at least 4 members (excludes halogenated alkanes) is 1. The fourth-order valence-corrected chi connectivity index (χ4v) is 0.585. The van der Waals surface area contributed by atoms with Crippen molar-refractivity contribution >= 4 is 19.0 Å². The van der Waals surface area contributed by atoms with Gasteiger partial charge in [0, 0.05) is 0 Å². The highest BCUT2D eigenvalue weighted by Crippen LogP contribution is 1.92. The van der Waals surface area contributed by atoms with E-state index in [4.69, 9.17) is 0 Å². The van der Waals surface area contributed by atoms with Gasteiger partial charge in [-0.2, -0.15) is 0 Å². The van der Waals surface area contributed by atoms with Crippen LogP contribution < -0.4 is 0 Å². The number of thiol groups is 1. The topological polar surface area (TPSA) is 0 Å². The third-order valence-corrected chi connectivity index (χ3v) is 1.08. The molecule has 0 aromatic heterocycles. The smallest absolute Gasteiger partial charge is 0.187 e. The normalized spacial score (nSPS) is 8.33. The van der Waals surface area contributed by atoms with E-state index in [9.17, 15) is 0 Å². The maximum atomic E-state index is 4.05. The van der Waals surface area contributed by atoms with Crippen LogP contribution in [0.3, 0.4) is 0 Å². The van der Waals surface area contributed by atoms with E-state index in [1.54, 1.807) is 0 Å². The molecule has 0 spiro atoms. The lowest BCUT2D eigenvalue weighted by Gasteiger charge is -1.83. The lowest BCUT2D eigenvalue weighted by Crippen LogP contribution is -1.73. The van der Waals surface area contributed by atoms with Gasteiger partial charge in [-0.05, 0) is 0 Å². The minimum Gasteiger partial charge on any atom is -0.232 e. The summed E-state index contributed by atoms with van der Waals surface area (Å²) in [5.74, 6) is 0. The zero-order chi connectivity index (χ0) is 4.83. The highest BCUT2D eigenvalue weighted by Gasteiger charge is 1.78. The van der Waals surface area contributed by atoms with Crippen LogP contribution in [0.4, 0.5) is 0 Å². The molecule has 36 valence electrons. The van der Waals surface area contributed by atoms with Crippen LogP contribution in [-0.2, 0) is 0 Å². The molecule has 0 aliphatic rings. The van der Waals surface area contributed by atoms with Crippen molar-refractivity contribution in [3.8, 4) is 0 Å². The standard InChI is InChI=1S/C4H11BS/c1-2-3-4-5-6/h5-6H,2-4H2,1H3.